The van der Waals surface area contributed by atoms with Gasteiger partial charge in [0.1, 0.15) is 5.75 Å². The molecule has 0 saturated heterocycles. The quantitative estimate of drug-likeness (QED) is 0.503. The first-order valence-corrected chi connectivity index (χ1v) is 6.54. The number of esters is 1. The maximum Gasteiger partial charge on any atom is 0.329 e. The Bertz CT molecular complexity index is 545. The summed E-state index contributed by atoms with van der Waals surface area (Å²) < 4.78 is 34.4. The first-order valence-electron chi connectivity index (χ1n) is 4.93. The van der Waals surface area contributed by atoms with Crippen molar-refractivity contribution >= 4 is 16.1 Å². The molecule has 1 rings (SSSR count). The summed E-state index contributed by atoms with van der Waals surface area (Å²) >= 11 is 0. The molecule has 0 fully saturated rings. The molecular weight excluding hydrogens is 244 g/mol. The largest absolute Gasteiger partial charge is 0.425 e. The van der Waals surface area contributed by atoms with Crippen molar-refractivity contribution in [1.82, 2.24) is 0 Å². The second-order valence-electron chi connectivity index (χ2n) is 3.83. The van der Waals surface area contributed by atoms with Crippen LogP contribution in [0.5, 0.6) is 5.75 Å². The molecule has 94 valence electrons. The average molecular weight is 258 g/mol. The predicted molar refractivity (Wildman–Crippen MR) is 62.7 cm³/mol. The number of benzene rings is 1. The van der Waals surface area contributed by atoms with Crippen molar-refractivity contribution in [2.24, 2.45) is 0 Å². The van der Waals surface area contributed by atoms with Crippen molar-refractivity contribution in [1.29, 1.82) is 0 Å². The van der Waals surface area contributed by atoms with E-state index in [1.807, 2.05) is 13.8 Å². The summed E-state index contributed by atoms with van der Waals surface area (Å²) in [5.41, 5.74) is 2.80. The lowest BCUT2D eigenvalue weighted by atomic mass is 10.0. The SMILES string of the molecule is Cc1ccc(OC(=O)CS(=O)(=O)O)c(C)c1C. The molecule has 0 aromatic heterocycles. The molecular formula is C11H14O5S. The molecule has 6 heteroatoms. The van der Waals surface area contributed by atoms with Crippen molar-refractivity contribution in [3.63, 3.8) is 0 Å². The summed E-state index contributed by atoms with van der Waals surface area (Å²) in [5, 5.41) is 0. The summed E-state index contributed by atoms with van der Waals surface area (Å²) in [5.74, 6) is -1.74. The maximum atomic E-state index is 11.2. The molecule has 0 aliphatic carbocycles. The molecule has 0 heterocycles. The van der Waals surface area contributed by atoms with Gasteiger partial charge in [0.15, 0.2) is 5.75 Å². The smallest absolute Gasteiger partial charge is 0.329 e. The number of carbonyl (C=O) groups excluding carboxylic acids is 1. The van der Waals surface area contributed by atoms with Gasteiger partial charge in [-0.2, -0.15) is 8.42 Å². The van der Waals surface area contributed by atoms with E-state index in [2.05, 4.69) is 0 Å². The Morgan fingerprint density at radius 1 is 1.24 bits per heavy atom. The summed E-state index contributed by atoms with van der Waals surface area (Å²) in [6, 6.07) is 3.37. The highest BCUT2D eigenvalue weighted by molar-refractivity contribution is 7.86. The van der Waals surface area contributed by atoms with Gasteiger partial charge in [-0.15, -0.1) is 0 Å². The minimum Gasteiger partial charge on any atom is -0.425 e. The fraction of sp³-hybridized carbons (Fsp3) is 0.364. The Morgan fingerprint density at radius 2 is 1.82 bits per heavy atom. The first-order chi connectivity index (χ1) is 7.70. The van der Waals surface area contributed by atoms with Crippen molar-refractivity contribution in [3.8, 4) is 5.75 Å². The molecule has 0 aliphatic heterocycles. The number of hydrogen-bond acceptors (Lipinski definition) is 4. The van der Waals surface area contributed by atoms with Crippen LogP contribution >= 0.6 is 0 Å². The number of aryl methyl sites for hydroxylation is 1. The fourth-order valence-corrected chi connectivity index (χ4v) is 1.70. The van der Waals surface area contributed by atoms with Crippen LogP contribution in [0.25, 0.3) is 0 Å². The minimum atomic E-state index is -4.35. The molecule has 0 unspecified atom stereocenters. The van der Waals surface area contributed by atoms with E-state index in [0.717, 1.165) is 16.7 Å². The highest BCUT2D eigenvalue weighted by Crippen LogP contribution is 2.23. The molecule has 17 heavy (non-hydrogen) atoms. The molecule has 0 radical (unpaired) electrons. The van der Waals surface area contributed by atoms with Crippen molar-refractivity contribution in [2.75, 3.05) is 5.75 Å². The van der Waals surface area contributed by atoms with Gasteiger partial charge in [-0.3, -0.25) is 9.35 Å². The standard InChI is InChI=1S/C11H14O5S/c1-7-4-5-10(9(3)8(7)2)16-11(12)6-17(13,14)15/h4-5H,6H2,1-3H3,(H,13,14,15). The van der Waals surface area contributed by atoms with Crippen LogP contribution in [0.1, 0.15) is 16.7 Å². The van der Waals surface area contributed by atoms with Crippen LogP contribution < -0.4 is 4.74 Å². The molecule has 0 amide bonds. The lowest BCUT2D eigenvalue weighted by Gasteiger charge is -2.10. The van der Waals surface area contributed by atoms with Crippen molar-refractivity contribution in [3.05, 3.63) is 28.8 Å². The second-order valence-corrected chi connectivity index (χ2v) is 5.28. The van der Waals surface area contributed by atoms with Crippen molar-refractivity contribution in [2.45, 2.75) is 20.8 Å². The van der Waals surface area contributed by atoms with Crippen LogP contribution in [0.2, 0.25) is 0 Å². The third-order valence-corrected chi connectivity index (χ3v) is 3.13. The Kier molecular flexibility index (Phi) is 3.90. The molecule has 1 aromatic rings. The van der Waals surface area contributed by atoms with E-state index in [-0.39, 0.29) is 0 Å². The third-order valence-electron chi connectivity index (χ3n) is 2.53. The van der Waals surface area contributed by atoms with Gasteiger partial charge in [0, 0.05) is 0 Å². The van der Waals surface area contributed by atoms with Crippen LogP contribution in [0.4, 0.5) is 0 Å². The Balaban J connectivity index is 2.90. The van der Waals surface area contributed by atoms with Gasteiger partial charge in [-0.05, 0) is 43.5 Å². The van der Waals surface area contributed by atoms with Crippen LogP contribution in [0.15, 0.2) is 12.1 Å². The van der Waals surface area contributed by atoms with E-state index in [0.29, 0.717) is 5.75 Å². The zero-order valence-electron chi connectivity index (χ0n) is 9.85. The Labute approximate surface area is 100 Å². The monoisotopic (exact) mass is 258 g/mol. The Hall–Kier alpha value is -1.40. The maximum absolute atomic E-state index is 11.2. The summed E-state index contributed by atoms with van der Waals surface area (Å²) in [7, 11) is -4.35. The lowest BCUT2D eigenvalue weighted by molar-refractivity contribution is -0.131. The van der Waals surface area contributed by atoms with Gasteiger partial charge in [0.2, 0.25) is 0 Å². The number of rotatable bonds is 3. The summed E-state index contributed by atoms with van der Waals surface area (Å²) in [4.78, 5) is 11.2. The molecule has 0 aliphatic rings. The topological polar surface area (TPSA) is 80.7 Å². The molecule has 0 bridgehead atoms. The number of hydrogen-bond donors (Lipinski definition) is 1. The molecule has 0 spiro atoms. The average Bonchev–Trinajstić information content (AvgIpc) is 2.16. The van der Waals surface area contributed by atoms with Gasteiger partial charge < -0.3 is 4.74 Å². The predicted octanol–water partition coefficient (Wildman–Crippen LogP) is 1.41. The minimum absolute atomic E-state index is 0.307. The van der Waals surface area contributed by atoms with Crippen molar-refractivity contribution < 1.29 is 22.5 Å². The fourth-order valence-electron chi connectivity index (χ4n) is 1.34. The van der Waals surface area contributed by atoms with E-state index in [4.69, 9.17) is 9.29 Å². The highest BCUT2D eigenvalue weighted by atomic mass is 32.2. The number of carbonyl (C=O) groups is 1. The van der Waals surface area contributed by atoms with Gasteiger partial charge >= 0.3 is 5.97 Å². The molecule has 0 atom stereocenters. The van der Waals surface area contributed by atoms with Gasteiger partial charge in [-0.25, -0.2) is 0 Å². The first kappa shape index (κ1) is 13.7. The molecule has 0 saturated carbocycles. The molecule has 1 aromatic carbocycles. The summed E-state index contributed by atoms with van der Waals surface area (Å²) in [6.45, 7) is 5.58. The van der Waals surface area contributed by atoms with E-state index < -0.39 is 21.8 Å². The second kappa shape index (κ2) is 4.85. The molecule has 5 nitrogen and oxygen atoms in total. The van der Waals surface area contributed by atoms with E-state index in [1.165, 1.54) is 0 Å². The third kappa shape index (κ3) is 3.83. The van der Waals surface area contributed by atoms with Gasteiger partial charge in [0.25, 0.3) is 10.1 Å². The Morgan fingerprint density at radius 3 is 2.35 bits per heavy atom. The normalized spacial score (nSPS) is 11.3. The van der Waals surface area contributed by atoms with E-state index in [9.17, 15) is 13.2 Å². The van der Waals surface area contributed by atoms with Crippen LogP contribution in [0.3, 0.4) is 0 Å². The molecule has 1 N–H and O–H groups in total. The lowest BCUT2D eigenvalue weighted by Crippen LogP contribution is -2.20. The van der Waals surface area contributed by atoms with Crippen LogP contribution in [0, 0.1) is 20.8 Å². The number of ether oxygens (including phenoxy) is 1. The highest BCUT2D eigenvalue weighted by Gasteiger charge is 2.16. The van der Waals surface area contributed by atoms with Crippen LogP contribution in [-0.4, -0.2) is 24.7 Å². The van der Waals surface area contributed by atoms with Gasteiger partial charge in [0.05, 0.1) is 0 Å². The van der Waals surface area contributed by atoms with Gasteiger partial charge in [-0.1, -0.05) is 6.07 Å². The van der Waals surface area contributed by atoms with E-state index >= 15 is 0 Å². The van der Waals surface area contributed by atoms with Crippen LogP contribution in [-0.2, 0) is 14.9 Å². The van der Waals surface area contributed by atoms with E-state index in [1.54, 1.807) is 19.1 Å². The summed E-state index contributed by atoms with van der Waals surface area (Å²) in [6.07, 6.45) is 0. The zero-order chi connectivity index (χ0) is 13.2. The zero-order valence-corrected chi connectivity index (χ0v) is 10.7.